The molecule has 2 aromatic carbocycles. The zero-order valence-electron chi connectivity index (χ0n) is 13.5. The van der Waals surface area contributed by atoms with Gasteiger partial charge in [-0.2, -0.15) is 0 Å². The molecule has 0 aliphatic heterocycles. The number of H-pyrrole nitrogens is 1. The highest BCUT2D eigenvalue weighted by Gasteiger charge is 2.20. The Morgan fingerprint density at radius 2 is 1.85 bits per heavy atom. The number of nitrogens with one attached hydrogen (secondary N) is 3. The molecular weight excluding hydrogens is 392 g/mol. The highest BCUT2D eigenvalue weighted by atomic mass is 32.2. The Hall–Kier alpha value is -2.56. The van der Waals surface area contributed by atoms with Gasteiger partial charge in [0.2, 0.25) is 5.13 Å². The molecule has 7 nitrogen and oxygen atoms in total. The van der Waals surface area contributed by atoms with Crippen molar-refractivity contribution < 1.29 is 13.2 Å². The van der Waals surface area contributed by atoms with Gasteiger partial charge in [-0.15, -0.1) is 5.10 Å². The van der Waals surface area contributed by atoms with Crippen molar-refractivity contribution in [2.75, 3.05) is 5.32 Å². The minimum atomic E-state index is -3.97. The van der Waals surface area contributed by atoms with Crippen LogP contribution in [0.3, 0.4) is 0 Å². The maximum atomic E-state index is 12.5. The molecular formula is C16H14N4O3S3. The average molecular weight is 407 g/mol. The second kappa shape index (κ2) is 7.36. The summed E-state index contributed by atoms with van der Waals surface area (Å²) in [5, 5.41) is 10.0. The highest BCUT2D eigenvalue weighted by molar-refractivity contribution is 7.90. The number of para-hydroxylation sites is 1. The fraction of sp³-hybridized carbons (Fsp3) is 0.0625. The lowest BCUT2D eigenvalue weighted by Crippen LogP contribution is -2.31. The second-order valence-corrected chi connectivity index (χ2v) is 8.68. The van der Waals surface area contributed by atoms with Gasteiger partial charge in [0.25, 0.3) is 15.9 Å². The topological polar surface area (TPSA) is 104 Å². The SMILES string of the molecule is Cc1ccc(S(=O)(=O)NC(=O)c2ccccc2Nc2n[nH]c(=S)s2)cc1. The second-order valence-electron chi connectivity index (χ2n) is 5.34. The summed E-state index contributed by atoms with van der Waals surface area (Å²) in [7, 11) is -3.97. The maximum absolute atomic E-state index is 12.5. The van der Waals surface area contributed by atoms with Crippen molar-refractivity contribution in [1.82, 2.24) is 14.9 Å². The highest BCUT2D eigenvalue weighted by Crippen LogP contribution is 2.23. The molecule has 134 valence electrons. The number of hydrogen-bond donors (Lipinski definition) is 3. The van der Waals surface area contributed by atoms with Gasteiger partial charge in [0.05, 0.1) is 16.1 Å². The van der Waals surface area contributed by atoms with E-state index in [1.54, 1.807) is 30.3 Å². The first-order valence-electron chi connectivity index (χ1n) is 7.40. The molecule has 0 unspecified atom stereocenters. The van der Waals surface area contributed by atoms with E-state index >= 15 is 0 Å². The van der Waals surface area contributed by atoms with Crippen LogP contribution in [-0.2, 0) is 10.0 Å². The van der Waals surface area contributed by atoms with Crippen LogP contribution in [0.15, 0.2) is 53.4 Å². The predicted molar refractivity (Wildman–Crippen MR) is 103 cm³/mol. The standard InChI is InChI=1S/C16H14N4O3S3/c1-10-6-8-11(9-7-10)26(22,23)20-14(21)12-4-2-3-5-13(12)17-15-18-19-16(24)25-15/h2-9H,1H3,(H,17,18)(H,19,24)(H,20,21). The van der Waals surface area contributed by atoms with E-state index in [0.717, 1.165) is 5.56 Å². The number of carbonyl (C=O) groups excluding carboxylic acids is 1. The van der Waals surface area contributed by atoms with E-state index in [-0.39, 0.29) is 10.5 Å². The molecule has 0 saturated heterocycles. The number of sulfonamides is 1. The number of hydrogen-bond acceptors (Lipinski definition) is 7. The number of aryl methyl sites for hydroxylation is 1. The smallest absolute Gasteiger partial charge is 0.267 e. The van der Waals surface area contributed by atoms with Crippen molar-refractivity contribution in [1.29, 1.82) is 0 Å². The summed E-state index contributed by atoms with van der Waals surface area (Å²) in [4.78, 5) is 12.6. The summed E-state index contributed by atoms with van der Waals surface area (Å²) >= 11 is 6.17. The minimum Gasteiger partial charge on any atom is -0.329 e. The number of anilines is 2. The Bertz CT molecular complexity index is 1100. The van der Waals surface area contributed by atoms with E-state index in [4.69, 9.17) is 12.2 Å². The van der Waals surface area contributed by atoms with Crippen LogP contribution < -0.4 is 10.0 Å². The summed E-state index contributed by atoms with van der Waals surface area (Å²) in [6.07, 6.45) is 0. The Morgan fingerprint density at radius 1 is 1.15 bits per heavy atom. The molecule has 0 radical (unpaired) electrons. The fourth-order valence-electron chi connectivity index (χ4n) is 2.14. The van der Waals surface area contributed by atoms with E-state index in [9.17, 15) is 13.2 Å². The Labute approximate surface area is 159 Å². The monoisotopic (exact) mass is 406 g/mol. The van der Waals surface area contributed by atoms with Crippen LogP contribution in [0.4, 0.5) is 10.8 Å². The van der Waals surface area contributed by atoms with Gasteiger partial charge in [-0.1, -0.05) is 41.2 Å². The van der Waals surface area contributed by atoms with Crippen LogP contribution in [0.25, 0.3) is 0 Å². The molecule has 1 heterocycles. The molecule has 1 aromatic heterocycles. The van der Waals surface area contributed by atoms with Crippen LogP contribution in [0, 0.1) is 10.9 Å². The van der Waals surface area contributed by atoms with Gasteiger partial charge in [-0.25, -0.2) is 13.1 Å². The average Bonchev–Trinajstić information content (AvgIpc) is 3.00. The summed E-state index contributed by atoms with van der Waals surface area (Å²) < 4.78 is 27.4. The first-order chi connectivity index (χ1) is 12.3. The van der Waals surface area contributed by atoms with Gasteiger partial charge in [-0.3, -0.25) is 9.89 Å². The van der Waals surface area contributed by atoms with E-state index in [2.05, 4.69) is 20.2 Å². The van der Waals surface area contributed by atoms with Crippen molar-refractivity contribution in [3.8, 4) is 0 Å². The normalized spacial score (nSPS) is 11.1. The lowest BCUT2D eigenvalue weighted by atomic mass is 10.1. The first-order valence-corrected chi connectivity index (χ1v) is 10.1. The molecule has 10 heteroatoms. The van der Waals surface area contributed by atoms with Gasteiger partial charge in [-0.05, 0) is 43.4 Å². The molecule has 3 aromatic rings. The van der Waals surface area contributed by atoms with Gasteiger partial charge in [0.15, 0.2) is 3.95 Å². The van der Waals surface area contributed by atoms with Crippen molar-refractivity contribution in [2.45, 2.75) is 11.8 Å². The minimum absolute atomic E-state index is 0.0205. The summed E-state index contributed by atoms with van der Waals surface area (Å²) in [6.45, 7) is 1.85. The molecule has 26 heavy (non-hydrogen) atoms. The molecule has 1 amide bonds. The van der Waals surface area contributed by atoms with E-state index in [1.165, 1.54) is 29.5 Å². The molecule has 0 bridgehead atoms. The third kappa shape index (κ3) is 4.15. The molecule has 3 rings (SSSR count). The van der Waals surface area contributed by atoms with Gasteiger partial charge >= 0.3 is 0 Å². The fourth-order valence-corrected chi connectivity index (χ4v) is 3.91. The van der Waals surface area contributed by atoms with Crippen LogP contribution in [0.2, 0.25) is 0 Å². The predicted octanol–water partition coefficient (Wildman–Crippen LogP) is 3.37. The molecule has 0 atom stereocenters. The summed E-state index contributed by atoms with van der Waals surface area (Å²) in [6, 6.07) is 12.8. The number of amides is 1. The Balaban J connectivity index is 1.86. The van der Waals surface area contributed by atoms with Gasteiger partial charge in [0.1, 0.15) is 0 Å². The van der Waals surface area contributed by atoms with E-state index in [1.807, 2.05) is 6.92 Å². The molecule has 0 spiro atoms. The zero-order valence-corrected chi connectivity index (χ0v) is 16.0. The van der Waals surface area contributed by atoms with Crippen LogP contribution >= 0.6 is 23.6 Å². The molecule has 0 saturated carbocycles. The van der Waals surface area contributed by atoms with Crippen molar-refractivity contribution in [3.63, 3.8) is 0 Å². The number of aromatic amines is 1. The maximum Gasteiger partial charge on any atom is 0.267 e. The zero-order chi connectivity index (χ0) is 18.7. The number of aromatic nitrogens is 2. The Kier molecular flexibility index (Phi) is 5.16. The lowest BCUT2D eigenvalue weighted by molar-refractivity contribution is 0.0982. The molecule has 0 aliphatic carbocycles. The molecule has 0 aliphatic rings. The largest absolute Gasteiger partial charge is 0.329 e. The third-order valence-corrected chi connectivity index (χ3v) is 5.76. The third-order valence-electron chi connectivity index (χ3n) is 3.41. The van der Waals surface area contributed by atoms with Crippen molar-refractivity contribution in [3.05, 3.63) is 63.6 Å². The number of nitrogens with zero attached hydrogens (tertiary/aromatic N) is 1. The van der Waals surface area contributed by atoms with Crippen LogP contribution in [0.5, 0.6) is 0 Å². The number of carbonyl (C=O) groups is 1. The number of benzene rings is 2. The van der Waals surface area contributed by atoms with Gasteiger partial charge < -0.3 is 5.32 Å². The van der Waals surface area contributed by atoms with Crippen LogP contribution in [-0.4, -0.2) is 24.5 Å². The van der Waals surface area contributed by atoms with E-state index in [0.29, 0.717) is 14.8 Å². The van der Waals surface area contributed by atoms with Crippen LogP contribution in [0.1, 0.15) is 15.9 Å². The van der Waals surface area contributed by atoms with Gasteiger partial charge in [0, 0.05) is 0 Å². The van der Waals surface area contributed by atoms with Crippen molar-refractivity contribution in [2.24, 2.45) is 0 Å². The summed E-state index contributed by atoms with van der Waals surface area (Å²) in [5.74, 6) is -0.743. The molecule has 3 N–H and O–H groups in total. The first kappa shape index (κ1) is 18.2. The Morgan fingerprint density at radius 3 is 2.50 bits per heavy atom. The summed E-state index contributed by atoms with van der Waals surface area (Å²) in [5.41, 5.74) is 1.51. The molecule has 0 fully saturated rings. The number of rotatable bonds is 5. The lowest BCUT2D eigenvalue weighted by Gasteiger charge is -2.11. The quantitative estimate of drug-likeness (QED) is 0.561. The van der Waals surface area contributed by atoms with Crippen molar-refractivity contribution >= 4 is 50.3 Å². The van der Waals surface area contributed by atoms with E-state index < -0.39 is 15.9 Å².